The minimum atomic E-state index is -0.810. The number of carbonyl (C=O) groups is 1. The molecule has 8 nitrogen and oxygen atoms in total. The average Bonchev–Trinajstić information content (AvgIpc) is 2.45. The van der Waals surface area contributed by atoms with Gasteiger partial charge in [0, 0.05) is 6.08 Å². The lowest BCUT2D eigenvalue weighted by Gasteiger charge is -2.14. The van der Waals surface area contributed by atoms with Crippen LogP contribution in [0.1, 0.15) is 25.1 Å². The van der Waals surface area contributed by atoms with E-state index < -0.39 is 23.8 Å². The fourth-order valence-electron chi connectivity index (χ4n) is 1.73. The van der Waals surface area contributed by atoms with Gasteiger partial charge in [-0.2, -0.15) is 0 Å². The van der Waals surface area contributed by atoms with Crippen LogP contribution in [-0.4, -0.2) is 34.4 Å². The normalized spacial score (nSPS) is 9.86. The third kappa shape index (κ3) is 3.49. The van der Waals surface area contributed by atoms with Crippen molar-refractivity contribution >= 4 is 18.0 Å². The van der Waals surface area contributed by atoms with Crippen LogP contribution in [0.25, 0.3) is 6.08 Å². The molecule has 0 amide bonds. The maximum absolute atomic E-state index is 12.2. The topological polar surface area (TPSA) is 96.6 Å². The van der Waals surface area contributed by atoms with E-state index in [4.69, 9.17) is 9.57 Å². The van der Waals surface area contributed by atoms with Crippen LogP contribution in [0.15, 0.2) is 9.59 Å². The molecule has 0 bridgehead atoms. The van der Waals surface area contributed by atoms with Gasteiger partial charge in [-0.25, -0.2) is 14.2 Å². The minimum absolute atomic E-state index is 0.0673. The zero-order valence-corrected chi connectivity index (χ0v) is 12.0. The molecular formula is C13H16N2O6. The quantitative estimate of drug-likeness (QED) is 0.502. The van der Waals surface area contributed by atoms with E-state index in [1.807, 2.05) is 0 Å². The molecule has 0 aliphatic carbocycles. The van der Waals surface area contributed by atoms with E-state index >= 15 is 0 Å². The molecule has 1 aromatic rings. The number of carbonyl (C=O) groups excluding carboxylic acids is 2. The number of nitrogens with zero attached hydrogens (tertiary/aromatic N) is 2. The SMILES string of the molecule is CCOC(=O)Cn1c(=O)c(C=C=O)c(C)n(OCC)c1=O. The van der Waals surface area contributed by atoms with Crippen molar-refractivity contribution in [1.82, 2.24) is 9.30 Å². The smallest absolute Gasteiger partial charge is 0.364 e. The van der Waals surface area contributed by atoms with Crippen molar-refractivity contribution in [2.24, 2.45) is 0 Å². The van der Waals surface area contributed by atoms with E-state index in [0.29, 0.717) is 4.57 Å². The molecule has 0 saturated carbocycles. The zero-order valence-electron chi connectivity index (χ0n) is 12.0. The standard InChI is InChI=1S/C13H16N2O6/c1-4-20-11(17)8-14-12(18)10(6-7-16)9(3)15(13(14)19)21-5-2/h6H,4-5,8H2,1-3H3. The summed E-state index contributed by atoms with van der Waals surface area (Å²) in [5.74, 6) is 0.753. The monoisotopic (exact) mass is 296 g/mol. The lowest BCUT2D eigenvalue weighted by atomic mass is 10.2. The summed E-state index contributed by atoms with van der Waals surface area (Å²) in [7, 11) is 0. The summed E-state index contributed by atoms with van der Waals surface area (Å²) in [6.07, 6.45) is 0.897. The molecule has 0 aliphatic heterocycles. The highest BCUT2D eigenvalue weighted by Gasteiger charge is 2.18. The molecule has 0 unspecified atom stereocenters. The summed E-state index contributed by atoms with van der Waals surface area (Å²) in [6, 6.07) is 0. The van der Waals surface area contributed by atoms with Crippen molar-refractivity contribution in [1.29, 1.82) is 0 Å². The van der Waals surface area contributed by atoms with Crippen LogP contribution >= 0.6 is 0 Å². The average molecular weight is 296 g/mol. The van der Waals surface area contributed by atoms with Crippen LogP contribution in [0.4, 0.5) is 0 Å². The van der Waals surface area contributed by atoms with Crippen molar-refractivity contribution in [3.63, 3.8) is 0 Å². The Bertz CT molecular complexity index is 694. The van der Waals surface area contributed by atoms with Crippen molar-refractivity contribution in [2.45, 2.75) is 27.3 Å². The predicted molar refractivity (Wildman–Crippen MR) is 73.6 cm³/mol. The summed E-state index contributed by atoms with van der Waals surface area (Å²) in [5, 5.41) is 0. The number of ether oxygens (including phenoxy) is 1. The van der Waals surface area contributed by atoms with Gasteiger partial charge in [0.25, 0.3) is 5.56 Å². The van der Waals surface area contributed by atoms with Crippen molar-refractivity contribution in [3.05, 3.63) is 32.1 Å². The number of hydrogen-bond donors (Lipinski definition) is 0. The summed E-state index contributed by atoms with van der Waals surface area (Å²) >= 11 is 0. The Kier molecular flexibility index (Phi) is 5.68. The summed E-state index contributed by atoms with van der Waals surface area (Å²) in [5.41, 5.74) is -1.49. The van der Waals surface area contributed by atoms with E-state index in [-0.39, 0.29) is 24.5 Å². The van der Waals surface area contributed by atoms with Gasteiger partial charge in [-0.1, -0.05) is 0 Å². The number of hydrogen-bond acceptors (Lipinski definition) is 6. The van der Waals surface area contributed by atoms with Gasteiger partial charge in [0.1, 0.15) is 19.1 Å². The Morgan fingerprint density at radius 2 is 1.95 bits per heavy atom. The molecule has 0 atom stereocenters. The minimum Gasteiger partial charge on any atom is -0.465 e. The van der Waals surface area contributed by atoms with Crippen LogP contribution in [0.3, 0.4) is 0 Å². The second-order valence-corrected chi connectivity index (χ2v) is 3.95. The molecule has 114 valence electrons. The molecule has 1 heterocycles. The zero-order chi connectivity index (χ0) is 16.0. The van der Waals surface area contributed by atoms with E-state index in [1.54, 1.807) is 13.8 Å². The maximum Gasteiger partial charge on any atom is 0.364 e. The number of esters is 1. The molecular weight excluding hydrogens is 280 g/mol. The molecule has 0 radical (unpaired) electrons. The second kappa shape index (κ2) is 7.25. The Morgan fingerprint density at radius 1 is 1.29 bits per heavy atom. The molecule has 21 heavy (non-hydrogen) atoms. The van der Waals surface area contributed by atoms with Gasteiger partial charge in [-0.05, 0) is 20.8 Å². The molecule has 1 rings (SSSR count). The molecule has 1 aromatic heterocycles. The summed E-state index contributed by atoms with van der Waals surface area (Å²) < 4.78 is 6.23. The first-order valence-corrected chi connectivity index (χ1v) is 6.34. The summed E-state index contributed by atoms with van der Waals surface area (Å²) in [4.78, 5) is 51.5. The van der Waals surface area contributed by atoms with Gasteiger partial charge >= 0.3 is 11.7 Å². The molecule has 0 aromatic carbocycles. The third-order valence-electron chi connectivity index (χ3n) is 2.63. The summed E-state index contributed by atoms with van der Waals surface area (Å²) in [6.45, 7) is 4.45. The lowest BCUT2D eigenvalue weighted by molar-refractivity contribution is -0.144. The van der Waals surface area contributed by atoms with Crippen LogP contribution in [0.5, 0.6) is 0 Å². The Hall–Kier alpha value is -2.60. The third-order valence-corrected chi connectivity index (χ3v) is 2.63. The highest BCUT2D eigenvalue weighted by atomic mass is 16.7. The van der Waals surface area contributed by atoms with Crippen LogP contribution in [-0.2, 0) is 20.9 Å². The largest absolute Gasteiger partial charge is 0.465 e. The predicted octanol–water partition coefficient (Wildman–Crippen LogP) is -0.825. The van der Waals surface area contributed by atoms with E-state index in [0.717, 1.165) is 10.8 Å². The fourth-order valence-corrected chi connectivity index (χ4v) is 1.73. The molecule has 0 aliphatic rings. The van der Waals surface area contributed by atoms with E-state index in [1.165, 1.54) is 12.9 Å². The van der Waals surface area contributed by atoms with Gasteiger partial charge in [0.05, 0.1) is 17.9 Å². The maximum atomic E-state index is 12.2. The van der Waals surface area contributed by atoms with Crippen molar-refractivity contribution in [3.8, 4) is 0 Å². The lowest BCUT2D eigenvalue weighted by Crippen LogP contribution is -2.46. The molecule has 0 fully saturated rings. The van der Waals surface area contributed by atoms with Gasteiger partial charge in [0.2, 0.25) is 0 Å². The Balaban J connectivity index is 3.55. The molecule has 0 N–H and O–H groups in total. The van der Waals surface area contributed by atoms with Gasteiger partial charge in [-0.15, -0.1) is 4.73 Å². The van der Waals surface area contributed by atoms with Crippen molar-refractivity contribution < 1.29 is 19.2 Å². The van der Waals surface area contributed by atoms with E-state index in [9.17, 15) is 19.2 Å². The van der Waals surface area contributed by atoms with Gasteiger partial charge in [0.15, 0.2) is 0 Å². The number of aromatic nitrogens is 2. The van der Waals surface area contributed by atoms with Gasteiger partial charge < -0.3 is 9.57 Å². The number of rotatable bonds is 6. The fraction of sp³-hybridized carbons (Fsp3) is 0.462. The molecule has 0 spiro atoms. The van der Waals surface area contributed by atoms with E-state index in [2.05, 4.69) is 0 Å². The molecule has 8 heteroatoms. The van der Waals surface area contributed by atoms with Crippen molar-refractivity contribution in [2.75, 3.05) is 13.2 Å². The van der Waals surface area contributed by atoms with Crippen LogP contribution in [0.2, 0.25) is 0 Å². The van der Waals surface area contributed by atoms with Crippen LogP contribution in [0, 0.1) is 6.92 Å². The molecule has 0 saturated heterocycles. The van der Waals surface area contributed by atoms with Crippen LogP contribution < -0.4 is 16.1 Å². The second-order valence-electron chi connectivity index (χ2n) is 3.95. The Morgan fingerprint density at radius 3 is 2.48 bits per heavy atom. The first-order valence-electron chi connectivity index (χ1n) is 6.34. The highest BCUT2D eigenvalue weighted by Crippen LogP contribution is 2.00. The highest BCUT2D eigenvalue weighted by molar-refractivity contribution is 5.75. The van der Waals surface area contributed by atoms with Gasteiger partial charge in [-0.3, -0.25) is 9.59 Å². The first-order chi connectivity index (χ1) is 9.97. The first kappa shape index (κ1) is 16.5. The Labute approximate surface area is 120 Å².